The topological polar surface area (TPSA) is 6.48 Å². The van der Waals surface area contributed by atoms with E-state index in [2.05, 4.69) is 66.1 Å². The zero-order valence-electron chi connectivity index (χ0n) is 16.1. The van der Waals surface area contributed by atoms with Crippen LogP contribution in [0.3, 0.4) is 0 Å². The standard InChI is InChI=1S/C23H31ClN2/c1-3-23(2,20-8-5-4-6-9-20)14-7-15-25-16-18-26(19-17-25)22-12-10-21(24)11-13-22/h4-6,8-13H,3,7,14-19H2,1-2H3. The second-order valence-corrected chi connectivity index (χ2v) is 8.13. The Labute approximate surface area is 163 Å². The molecule has 1 saturated heterocycles. The molecule has 0 aliphatic carbocycles. The average Bonchev–Trinajstić information content (AvgIpc) is 2.70. The number of piperazine rings is 1. The van der Waals surface area contributed by atoms with Crippen LogP contribution in [0.4, 0.5) is 5.69 Å². The van der Waals surface area contributed by atoms with Crippen molar-refractivity contribution < 1.29 is 0 Å². The number of halogens is 1. The molecule has 1 aliphatic heterocycles. The van der Waals surface area contributed by atoms with Gasteiger partial charge in [0, 0.05) is 36.9 Å². The molecule has 140 valence electrons. The fourth-order valence-corrected chi connectivity index (χ4v) is 4.07. The van der Waals surface area contributed by atoms with E-state index in [1.165, 1.54) is 37.1 Å². The van der Waals surface area contributed by atoms with Crippen LogP contribution >= 0.6 is 11.6 Å². The molecule has 1 fully saturated rings. The first kappa shape index (κ1) is 19.3. The van der Waals surface area contributed by atoms with E-state index in [-0.39, 0.29) is 0 Å². The minimum Gasteiger partial charge on any atom is -0.369 e. The zero-order chi connectivity index (χ0) is 18.4. The van der Waals surface area contributed by atoms with Gasteiger partial charge in [-0.15, -0.1) is 0 Å². The summed E-state index contributed by atoms with van der Waals surface area (Å²) in [5.74, 6) is 0. The van der Waals surface area contributed by atoms with Gasteiger partial charge in [0.15, 0.2) is 0 Å². The van der Waals surface area contributed by atoms with Crippen LogP contribution < -0.4 is 4.90 Å². The summed E-state index contributed by atoms with van der Waals surface area (Å²) in [5.41, 5.74) is 3.07. The molecule has 3 heteroatoms. The Morgan fingerprint density at radius 1 is 0.923 bits per heavy atom. The average molecular weight is 371 g/mol. The number of nitrogens with zero attached hydrogens (tertiary/aromatic N) is 2. The van der Waals surface area contributed by atoms with Crippen molar-refractivity contribution >= 4 is 17.3 Å². The van der Waals surface area contributed by atoms with Gasteiger partial charge in [-0.1, -0.05) is 55.8 Å². The molecule has 0 radical (unpaired) electrons. The van der Waals surface area contributed by atoms with E-state index in [0.29, 0.717) is 5.41 Å². The first-order chi connectivity index (χ1) is 12.6. The van der Waals surface area contributed by atoms with Crippen LogP contribution in [0.5, 0.6) is 0 Å². The second-order valence-electron chi connectivity index (χ2n) is 7.69. The molecule has 2 aromatic rings. The smallest absolute Gasteiger partial charge is 0.0407 e. The monoisotopic (exact) mass is 370 g/mol. The third-order valence-electron chi connectivity index (χ3n) is 6.02. The maximum Gasteiger partial charge on any atom is 0.0407 e. The number of hydrogen-bond donors (Lipinski definition) is 0. The largest absolute Gasteiger partial charge is 0.369 e. The fourth-order valence-electron chi connectivity index (χ4n) is 3.94. The van der Waals surface area contributed by atoms with E-state index in [1.807, 2.05) is 12.1 Å². The second kappa shape index (κ2) is 8.92. The van der Waals surface area contributed by atoms with Gasteiger partial charge < -0.3 is 4.90 Å². The van der Waals surface area contributed by atoms with Crippen LogP contribution in [-0.2, 0) is 5.41 Å². The van der Waals surface area contributed by atoms with Crippen LogP contribution in [0.25, 0.3) is 0 Å². The predicted molar refractivity (Wildman–Crippen MR) is 113 cm³/mol. The molecule has 0 amide bonds. The molecule has 0 N–H and O–H groups in total. The molecule has 1 aliphatic rings. The van der Waals surface area contributed by atoms with Crippen molar-refractivity contribution in [1.29, 1.82) is 0 Å². The lowest BCUT2D eigenvalue weighted by atomic mass is 9.76. The summed E-state index contributed by atoms with van der Waals surface area (Å²) in [5, 5.41) is 0.810. The zero-order valence-corrected chi connectivity index (χ0v) is 16.9. The fraction of sp³-hybridized carbons (Fsp3) is 0.478. The van der Waals surface area contributed by atoms with Gasteiger partial charge in [0.2, 0.25) is 0 Å². The summed E-state index contributed by atoms with van der Waals surface area (Å²) in [6.45, 7) is 10.4. The van der Waals surface area contributed by atoms with E-state index >= 15 is 0 Å². The highest BCUT2D eigenvalue weighted by atomic mass is 35.5. The summed E-state index contributed by atoms with van der Waals surface area (Å²) in [4.78, 5) is 5.08. The molecule has 0 spiro atoms. The van der Waals surface area contributed by atoms with Gasteiger partial charge in [0.1, 0.15) is 0 Å². The highest BCUT2D eigenvalue weighted by Crippen LogP contribution is 2.32. The van der Waals surface area contributed by atoms with Gasteiger partial charge in [-0.2, -0.15) is 0 Å². The van der Waals surface area contributed by atoms with Gasteiger partial charge >= 0.3 is 0 Å². The summed E-state index contributed by atoms with van der Waals surface area (Å²) in [6, 6.07) is 19.2. The summed E-state index contributed by atoms with van der Waals surface area (Å²) >= 11 is 6.00. The van der Waals surface area contributed by atoms with E-state index in [1.54, 1.807) is 0 Å². The summed E-state index contributed by atoms with van der Waals surface area (Å²) in [7, 11) is 0. The van der Waals surface area contributed by atoms with Gasteiger partial charge in [-0.3, -0.25) is 4.90 Å². The minimum absolute atomic E-state index is 0.298. The van der Waals surface area contributed by atoms with Crippen LogP contribution in [-0.4, -0.2) is 37.6 Å². The van der Waals surface area contributed by atoms with Crippen molar-refractivity contribution in [2.75, 3.05) is 37.6 Å². The van der Waals surface area contributed by atoms with Crippen LogP contribution in [0.2, 0.25) is 5.02 Å². The highest BCUT2D eigenvalue weighted by molar-refractivity contribution is 6.30. The number of anilines is 1. The predicted octanol–water partition coefficient (Wildman–Crippen LogP) is 5.61. The van der Waals surface area contributed by atoms with Gasteiger partial charge in [-0.05, 0) is 61.1 Å². The molecule has 2 nitrogen and oxygen atoms in total. The Balaban J connectivity index is 1.45. The van der Waals surface area contributed by atoms with Gasteiger partial charge in [-0.25, -0.2) is 0 Å². The molecule has 1 unspecified atom stereocenters. The normalized spacial score (nSPS) is 17.9. The van der Waals surface area contributed by atoms with E-state index < -0.39 is 0 Å². The molecular formula is C23H31ClN2. The number of benzene rings is 2. The molecule has 1 atom stereocenters. The minimum atomic E-state index is 0.298. The molecule has 2 aromatic carbocycles. The molecule has 0 saturated carbocycles. The van der Waals surface area contributed by atoms with Crippen molar-refractivity contribution in [3.8, 4) is 0 Å². The van der Waals surface area contributed by atoms with Crippen molar-refractivity contribution in [3.05, 3.63) is 65.2 Å². The quantitative estimate of drug-likeness (QED) is 0.625. The van der Waals surface area contributed by atoms with Crippen LogP contribution in [0.1, 0.15) is 38.7 Å². The molecule has 1 heterocycles. The third kappa shape index (κ3) is 4.81. The molecular weight excluding hydrogens is 340 g/mol. The van der Waals surface area contributed by atoms with E-state index in [0.717, 1.165) is 31.2 Å². The third-order valence-corrected chi connectivity index (χ3v) is 6.27. The Hall–Kier alpha value is -1.51. The molecule has 3 rings (SSSR count). The van der Waals surface area contributed by atoms with Crippen LogP contribution in [0, 0.1) is 0 Å². The number of hydrogen-bond acceptors (Lipinski definition) is 2. The Morgan fingerprint density at radius 2 is 1.58 bits per heavy atom. The molecule has 26 heavy (non-hydrogen) atoms. The maximum atomic E-state index is 6.00. The maximum absolute atomic E-state index is 6.00. The molecule has 0 aromatic heterocycles. The number of rotatable bonds is 7. The van der Waals surface area contributed by atoms with Crippen molar-refractivity contribution in [1.82, 2.24) is 4.90 Å². The van der Waals surface area contributed by atoms with Crippen LogP contribution in [0.15, 0.2) is 54.6 Å². The van der Waals surface area contributed by atoms with E-state index in [4.69, 9.17) is 11.6 Å². The first-order valence-corrected chi connectivity index (χ1v) is 10.3. The lowest BCUT2D eigenvalue weighted by molar-refractivity contribution is 0.241. The Kier molecular flexibility index (Phi) is 6.61. The summed E-state index contributed by atoms with van der Waals surface area (Å²) in [6.07, 6.45) is 3.71. The summed E-state index contributed by atoms with van der Waals surface area (Å²) < 4.78 is 0. The highest BCUT2D eigenvalue weighted by Gasteiger charge is 2.24. The molecule has 0 bridgehead atoms. The SMILES string of the molecule is CCC(C)(CCCN1CCN(c2ccc(Cl)cc2)CC1)c1ccccc1. The lowest BCUT2D eigenvalue weighted by Gasteiger charge is -2.37. The van der Waals surface area contributed by atoms with Crippen molar-refractivity contribution in [2.45, 2.75) is 38.5 Å². The van der Waals surface area contributed by atoms with Gasteiger partial charge in [0.05, 0.1) is 0 Å². The Bertz CT molecular complexity index is 662. The van der Waals surface area contributed by atoms with Gasteiger partial charge in [0.25, 0.3) is 0 Å². The lowest BCUT2D eigenvalue weighted by Crippen LogP contribution is -2.46. The van der Waals surface area contributed by atoms with Crippen molar-refractivity contribution in [2.24, 2.45) is 0 Å². The first-order valence-electron chi connectivity index (χ1n) is 9.89. The van der Waals surface area contributed by atoms with E-state index in [9.17, 15) is 0 Å². The Morgan fingerprint density at radius 3 is 2.19 bits per heavy atom. The van der Waals surface area contributed by atoms with Crippen molar-refractivity contribution in [3.63, 3.8) is 0 Å².